The molecule has 3 N–H and O–H groups in total. The van der Waals surface area contributed by atoms with Gasteiger partial charge in [0.05, 0.1) is 11.5 Å². The van der Waals surface area contributed by atoms with E-state index in [9.17, 15) is 9.90 Å². The van der Waals surface area contributed by atoms with Crippen molar-refractivity contribution in [2.75, 3.05) is 13.1 Å². The Hall–Kier alpha value is -0.610. The summed E-state index contributed by atoms with van der Waals surface area (Å²) in [4.78, 5) is 10.8. The van der Waals surface area contributed by atoms with Crippen molar-refractivity contribution in [1.82, 2.24) is 5.32 Å². The van der Waals surface area contributed by atoms with Gasteiger partial charge in [-0.3, -0.25) is 4.79 Å². The Kier molecular flexibility index (Phi) is 5.40. The number of hydrogen-bond donors (Lipinski definition) is 3. The van der Waals surface area contributed by atoms with Gasteiger partial charge in [-0.15, -0.1) is 0 Å². The maximum atomic E-state index is 10.8. The number of aliphatic hydroxyl groups is 1. The summed E-state index contributed by atoms with van der Waals surface area (Å²) in [5.74, 6) is -0.159. The van der Waals surface area contributed by atoms with Crippen molar-refractivity contribution in [3.05, 3.63) is 0 Å². The highest BCUT2D eigenvalue weighted by atomic mass is 16.4. The minimum Gasteiger partial charge on any atom is -0.481 e. The Bertz CT molecular complexity index is 240. The van der Waals surface area contributed by atoms with E-state index in [1.165, 1.54) is 0 Å². The zero-order valence-electron chi connectivity index (χ0n) is 10.9. The van der Waals surface area contributed by atoms with Crippen LogP contribution in [-0.2, 0) is 4.79 Å². The van der Waals surface area contributed by atoms with Crippen molar-refractivity contribution in [3.8, 4) is 0 Å². The molecular weight excluding hydrogens is 218 g/mol. The summed E-state index contributed by atoms with van der Waals surface area (Å²) in [6.45, 7) is 5.39. The summed E-state index contributed by atoms with van der Waals surface area (Å²) in [6, 6.07) is 0. The monoisotopic (exact) mass is 243 g/mol. The molecule has 1 fully saturated rings. The first-order chi connectivity index (χ1) is 7.88. The number of carboxylic acid groups (broad SMARTS) is 1. The lowest BCUT2D eigenvalue weighted by molar-refractivity contribution is -0.143. The molecule has 0 unspecified atom stereocenters. The van der Waals surface area contributed by atoms with Crippen LogP contribution >= 0.6 is 0 Å². The third kappa shape index (κ3) is 6.03. The Morgan fingerprint density at radius 3 is 2.35 bits per heavy atom. The molecule has 0 amide bonds. The first kappa shape index (κ1) is 14.5. The van der Waals surface area contributed by atoms with Crippen molar-refractivity contribution in [3.63, 3.8) is 0 Å². The molecule has 1 rings (SSSR count). The molecule has 0 aromatic rings. The van der Waals surface area contributed by atoms with E-state index in [-0.39, 0.29) is 5.92 Å². The van der Waals surface area contributed by atoms with E-state index < -0.39 is 11.6 Å². The van der Waals surface area contributed by atoms with E-state index in [0.29, 0.717) is 5.92 Å². The predicted molar refractivity (Wildman–Crippen MR) is 66.9 cm³/mol. The van der Waals surface area contributed by atoms with Gasteiger partial charge in [0.25, 0.3) is 0 Å². The number of hydrogen-bond acceptors (Lipinski definition) is 3. The minimum absolute atomic E-state index is 0.123. The second-order valence-corrected chi connectivity index (χ2v) is 5.82. The Labute approximate surface area is 103 Å². The molecule has 100 valence electrons. The molecule has 1 saturated carbocycles. The number of aliphatic carboxylic acids is 1. The molecule has 4 nitrogen and oxygen atoms in total. The van der Waals surface area contributed by atoms with Gasteiger partial charge < -0.3 is 15.5 Å². The van der Waals surface area contributed by atoms with E-state index in [1.807, 2.05) is 13.8 Å². The second kappa shape index (κ2) is 6.36. The molecule has 0 aromatic carbocycles. The van der Waals surface area contributed by atoms with Gasteiger partial charge >= 0.3 is 5.97 Å². The molecule has 0 bridgehead atoms. The fourth-order valence-electron chi connectivity index (χ4n) is 2.31. The number of carboxylic acids is 1. The van der Waals surface area contributed by atoms with Crippen molar-refractivity contribution < 1.29 is 15.0 Å². The lowest BCUT2D eigenvalue weighted by Crippen LogP contribution is -2.32. The average Bonchev–Trinajstić information content (AvgIpc) is 2.24. The summed E-state index contributed by atoms with van der Waals surface area (Å²) < 4.78 is 0. The summed E-state index contributed by atoms with van der Waals surface area (Å²) >= 11 is 0. The molecular formula is C13H25NO3. The van der Waals surface area contributed by atoms with Crippen LogP contribution in [0, 0.1) is 11.8 Å². The zero-order valence-corrected chi connectivity index (χ0v) is 10.9. The van der Waals surface area contributed by atoms with Crippen LogP contribution in [0.25, 0.3) is 0 Å². The molecule has 0 aliphatic heterocycles. The van der Waals surface area contributed by atoms with Crippen LogP contribution in [-0.4, -0.2) is 34.9 Å². The van der Waals surface area contributed by atoms with E-state index in [0.717, 1.165) is 45.2 Å². The van der Waals surface area contributed by atoms with Crippen molar-refractivity contribution in [2.45, 2.75) is 51.6 Å². The van der Waals surface area contributed by atoms with E-state index in [2.05, 4.69) is 5.32 Å². The lowest BCUT2D eigenvalue weighted by Gasteiger charge is -2.26. The van der Waals surface area contributed by atoms with Gasteiger partial charge in [0.15, 0.2) is 0 Å². The summed E-state index contributed by atoms with van der Waals surface area (Å²) in [7, 11) is 0. The predicted octanol–water partition coefficient (Wildman–Crippen LogP) is 1.63. The SMILES string of the molecule is CC(C)(O)CCNCC1CCC(C(=O)O)CC1. The van der Waals surface area contributed by atoms with E-state index in [4.69, 9.17) is 5.11 Å². The van der Waals surface area contributed by atoms with Gasteiger partial charge in [0.2, 0.25) is 0 Å². The highest BCUT2D eigenvalue weighted by Gasteiger charge is 2.25. The maximum Gasteiger partial charge on any atom is 0.306 e. The second-order valence-electron chi connectivity index (χ2n) is 5.82. The molecule has 0 spiro atoms. The third-order valence-corrected chi connectivity index (χ3v) is 3.54. The number of nitrogens with one attached hydrogen (secondary N) is 1. The van der Waals surface area contributed by atoms with Gasteiger partial charge in [-0.05, 0) is 65.0 Å². The Morgan fingerprint density at radius 1 is 1.29 bits per heavy atom. The van der Waals surface area contributed by atoms with Crippen molar-refractivity contribution in [2.24, 2.45) is 11.8 Å². The number of rotatable bonds is 6. The highest BCUT2D eigenvalue weighted by Crippen LogP contribution is 2.28. The first-order valence-corrected chi connectivity index (χ1v) is 6.54. The van der Waals surface area contributed by atoms with Gasteiger partial charge in [-0.25, -0.2) is 0 Å². The molecule has 0 radical (unpaired) electrons. The topological polar surface area (TPSA) is 69.6 Å². The van der Waals surface area contributed by atoms with Gasteiger partial charge in [-0.1, -0.05) is 0 Å². The van der Waals surface area contributed by atoms with Crippen molar-refractivity contribution in [1.29, 1.82) is 0 Å². The fraction of sp³-hybridized carbons (Fsp3) is 0.923. The smallest absolute Gasteiger partial charge is 0.306 e. The molecule has 0 saturated heterocycles. The minimum atomic E-state index is -0.640. The van der Waals surface area contributed by atoms with Crippen molar-refractivity contribution >= 4 is 5.97 Å². The average molecular weight is 243 g/mol. The summed E-state index contributed by atoms with van der Waals surface area (Å²) in [5, 5.41) is 21.8. The van der Waals surface area contributed by atoms with Crippen LogP contribution < -0.4 is 5.32 Å². The highest BCUT2D eigenvalue weighted by molar-refractivity contribution is 5.69. The Morgan fingerprint density at radius 2 is 1.88 bits per heavy atom. The molecule has 17 heavy (non-hydrogen) atoms. The van der Waals surface area contributed by atoms with Gasteiger partial charge in [-0.2, -0.15) is 0 Å². The van der Waals surface area contributed by atoms with Crippen LogP contribution in [0.4, 0.5) is 0 Å². The van der Waals surface area contributed by atoms with E-state index >= 15 is 0 Å². The summed E-state index contributed by atoms with van der Waals surface area (Å²) in [5.41, 5.74) is -0.603. The zero-order chi connectivity index (χ0) is 12.9. The van der Waals surface area contributed by atoms with Crippen LogP contribution in [0.2, 0.25) is 0 Å². The van der Waals surface area contributed by atoms with Crippen LogP contribution in [0.5, 0.6) is 0 Å². The normalized spacial score (nSPS) is 25.8. The quantitative estimate of drug-likeness (QED) is 0.620. The number of carbonyl (C=O) groups is 1. The fourth-order valence-corrected chi connectivity index (χ4v) is 2.31. The first-order valence-electron chi connectivity index (χ1n) is 6.54. The maximum absolute atomic E-state index is 10.8. The largest absolute Gasteiger partial charge is 0.481 e. The van der Waals surface area contributed by atoms with Crippen LogP contribution in [0.1, 0.15) is 46.0 Å². The standard InChI is InChI=1S/C13H25NO3/c1-13(2,17)7-8-14-9-10-3-5-11(6-4-10)12(15)16/h10-11,14,17H,3-9H2,1-2H3,(H,15,16). The molecule has 0 aromatic heterocycles. The van der Waals surface area contributed by atoms with E-state index in [1.54, 1.807) is 0 Å². The molecule has 1 aliphatic carbocycles. The molecule has 4 heteroatoms. The third-order valence-electron chi connectivity index (χ3n) is 3.54. The summed E-state index contributed by atoms with van der Waals surface area (Å²) in [6.07, 6.45) is 4.39. The molecule has 0 heterocycles. The molecule has 0 atom stereocenters. The van der Waals surface area contributed by atoms with Crippen LogP contribution in [0.3, 0.4) is 0 Å². The van der Waals surface area contributed by atoms with Gasteiger partial charge in [0.1, 0.15) is 0 Å². The van der Waals surface area contributed by atoms with Crippen LogP contribution in [0.15, 0.2) is 0 Å². The molecule has 1 aliphatic rings. The lowest BCUT2D eigenvalue weighted by atomic mass is 9.82. The van der Waals surface area contributed by atoms with Gasteiger partial charge in [0, 0.05) is 0 Å². The Balaban J connectivity index is 2.09.